The number of anilines is 1. The zero-order valence-electron chi connectivity index (χ0n) is 14.5. The van der Waals surface area contributed by atoms with Crippen LogP contribution in [-0.4, -0.2) is 20.3 Å². The highest BCUT2D eigenvalue weighted by Crippen LogP contribution is 2.21. The Labute approximate surface area is 142 Å². The molecule has 0 aliphatic carbocycles. The van der Waals surface area contributed by atoms with Crippen LogP contribution in [0.5, 0.6) is 0 Å². The maximum Gasteiger partial charge on any atom is 0.230 e. The number of nitrogens with zero attached hydrogens (tertiary/aromatic N) is 3. The lowest BCUT2D eigenvalue weighted by Crippen LogP contribution is -2.17. The molecule has 1 N–H and O–H groups in total. The Bertz CT molecular complexity index is 860. The average molecular weight is 324 g/mol. The predicted molar refractivity (Wildman–Crippen MR) is 97.1 cm³/mol. The topological polar surface area (TPSA) is 51.9 Å². The predicted octanol–water partition coefficient (Wildman–Crippen LogP) is 3.66. The fourth-order valence-electron chi connectivity index (χ4n) is 3.05. The van der Waals surface area contributed by atoms with Gasteiger partial charge in [-0.3, -0.25) is 4.79 Å². The summed E-state index contributed by atoms with van der Waals surface area (Å²) in [7, 11) is 2.01. The third kappa shape index (κ3) is 3.35. The van der Waals surface area contributed by atoms with Crippen LogP contribution in [0.3, 0.4) is 0 Å². The molecule has 0 saturated heterocycles. The molecule has 1 amide bonds. The van der Waals surface area contributed by atoms with Gasteiger partial charge in [-0.25, -0.2) is 4.68 Å². The Kier molecular flexibility index (Phi) is 4.69. The molecule has 0 saturated carbocycles. The van der Waals surface area contributed by atoms with E-state index < -0.39 is 0 Å². The second kappa shape index (κ2) is 6.91. The Balaban J connectivity index is 1.76. The number of unbranched alkanes of at least 4 members (excludes halogenated alkanes) is 1. The van der Waals surface area contributed by atoms with Crippen molar-refractivity contribution in [2.24, 2.45) is 7.05 Å². The lowest BCUT2D eigenvalue weighted by atomic mass is 10.1. The minimum absolute atomic E-state index is 0.0102. The largest absolute Gasteiger partial charge is 0.350 e. The van der Waals surface area contributed by atoms with Gasteiger partial charge in [-0.05, 0) is 25.0 Å². The number of carbonyl (C=O) groups is 1. The number of aryl methyl sites for hydroxylation is 3. The van der Waals surface area contributed by atoms with Crippen LogP contribution in [0.1, 0.15) is 31.0 Å². The van der Waals surface area contributed by atoms with E-state index in [0.29, 0.717) is 6.42 Å². The molecular weight excluding hydrogens is 300 g/mol. The van der Waals surface area contributed by atoms with Crippen molar-refractivity contribution in [1.82, 2.24) is 14.3 Å². The highest BCUT2D eigenvalue weighted by atomic mass is 16.1. The summed E-state index contributed by atoms with van der Waals surface area (Å²) in [6.45, 7) is 4.92. The van der Waals surface area contributed by atoms with Gasteiger partial charge in [0, 0.05) is 36.8 Å². The number of carbonyl (C=O) groups excluding carboxylic acids is 1. The number of hydrogen-bond acceptors (Lipinski definition) is 2. The molecular formula is C19H24N4O. The van der Waals surface area contributed by atoms with Crippen LogP contribution in [0.2, 0.25) is 0 Å². The van der Waals surface area contributed by atoms with Crippen molar-refractivity contribution in [2.75, 3.05) is 5.32 Å². The molecule has 0 aliphatic rings. The number of fused-ring (bicyclic) bond motifs is 1. The molecule has 3 rings (SSSR count). The minimum atomic E-state index is -0.0102. The molecule has 1 aromatic carbocycles. The van der Waals surface area contributed by atoms with E-state index in [-0.39, 0.29) is 5.91 Å². The normalized spacial score (nSPS) is 11.1. The van der Waals surface area contributed by atoms with E-state index >= 15 is 0 Å². The maximum atomic E-state index is 12.5. The van der Waals surface area contributed by atoms with Crippen molar-refractivity contribution in [2.45, 2.75) is 39.7 Å². The molecule has 0 spiro atoms. The number of benzene rings is 1. The molecule has 0 radical (unpaired) electrons. The van der Waals surface area contributed by atoms with E-state index in [1.165, 1.54) is 0 Å². The van der Waals surface area contributed by atoms with E-state index in [1.807, 2.05) is 43.0 Å². The first-order chi connectivity index (χ1) is 11.6. The monoisotopic (exact) mass is 324 g/mol. The summed E-state index contributed by atoms with van der Waals surface area (Å²) >= 11 is 0. The Morgan fingerprint density at radius 2 is 2.08 bits per heavy atom. The van der Waals surface area contributed by atoms with E-state index in [4.69, 9.17) is 0 Å². The van der Waals surface area contributed by atoms with Crippen molar-refractivity contribution in [1.29, 1.82) is 0 Å². The summed E-state index contributed by atoms with van der Waals surface area (Å²) in [6.07, 6.45) is 4.54. The van der Waals surface area contributed by atoms with Gasteiger partial charge in [0.1, 0.15) is 5.82 Å². The molecule has 0 atom stereocenters. The molecule has 0 bridgehead atoms. The molecule has 2 aromatic heterocycles. The van der Waals surface area contributed by atoms with Crippen LogP contribution in [0.4, 0.5) is 5.82 Å². The van der Waals surface area contributed by atoms with Gasteiger partial charge in [0.05, 0.1) is 12.1 Å². The van der Waals surface area contributed by atoms with Crippen molar-refractivity contribution >= 4 is 22.6 Å². The number of hydrogen-bond donors (Lipinski definition) is 1. The van der Waals surface area contributed by atoms with Gasteiger partial charge in [0.25, 0.3) is 0 Å². The number of nitrogens with one attached hydrogen (secondary N) is 1. The van der Waals surface area contributed by atoms with Crippen LogP contribution in [0, 0.1) is 6.92 Å². The molecule has 0 fully saturated rings. The summed E-state index contributed by atoms with van der Waals surface area (Å²) in [4.78, 5) is 12.5. The smallest absolute Gasteiger partial charge is 0.230 e. The summed E-state index contributed by atoms with van der Waals surface area (Å²) in [6, 6.07) is 10.1. The molecule has 0 unspecified atom stereocenters. The van der Waals surface area contributed by atoms with Crippen LogP contribution < -0.4 is 5.32 Å². The Morgan fingerprint density at radius 1 is 1.29 bits per heavy atom. The lowest BCUT2D eigenvalue weighted by Gasteiger charge is -2.08. The van der Waals surface area contributed by atoms with Gasteiger partial charge in [-0.1, -0.05) is 31.5 Å². The first-order valence-electron chi connectivity index (χ1n) is 8.45. The standard InChI is InChI=1S/C19H24N4O/c1-4-5-10-23-18(11-14(2)21-23)20-19(24)12-15-13-22(3)17-9-7-6-8-16(15)17/h6-9,11,13H,4-5,10,12H2,1-3H3,(H,20,24). The summed E-state index contributed by atoms with van der Waals surface area (Å²) in [5, 5.41) is 8.61. The fourth-order valence-corrected chi connectivity index (χ4v) is 3.05. The number of amides is 1. The first kappa shape index (κ1) is 16.3. The number of aromatic nitrogens is 3. The highest BCUT2D eigenvalue weighted by molar-refractivity contribution is 5.95. The van der Waals surface area contributed by atoms with Crippen molar-refractivity contribution in [3.63, 3.8) is 0 Å². The maximum absolute atomic E-state index is 12.5. The van der Waals surface area contributed by atoms with Crippen LogP contribution >= 0.6 is 0 Å². The fraction of sp³-hybridized carbons (Fsp3) is 0.368. The van der Waals surface area contributed by atoms with Crippen LogP contribution in [0.15, 0.2) is 36.5 Å². The van der Waals surface area contributed by atoms with Gasteiger partial charge in [-0.2, -0.15) is 5.10 Å². The summed E-state index contributed by atoms with van der Waals surface area (Å²) < 4.78 is 3.95. The number of rotatable bonds is 6. The highest BCUT2D eigenvalue weighted by Gasteiger charge is 2.13. The van der Waals surface area contributed by atoms with E-state index in [2.05, 4.69) is 34.0 Å². The van der Waals surface area contributed by atoms with Gasteiger partial charge >= 0.3 is 0 Å². The average Bonchev–Trinajstić information content (AvgIpc) is 3.06. The number of para-hydroxylation sites is 1. The van der Waals surface area contributed by atoms with Crippen LogP contribution in [-0.2, 0) is 24.8 Å². The van der Waals surface area contributed by atoms with Gasteiger partial charge in [0.2, 0.25) is 5.91 Å². The lowest BCUT2D eigenvalue weighted by molar-refractivity contribution is -0.115. The van der Waals surface area contributed by atoms with Crippen LogP contribution in [0.25, 0.3) is 10.9 Å². The van der Waals surface area contributed by atoms with Crippen molar-refractivity contribution in [3.8, 4) is 0 Å². The molecule has 126 valence electrons. The van der Waals surface area contributed by atoms with Crippen molar-refractivity contribution in [3.05, 3.63) is 47.8 Å². The molecule has 5 nitrogen and oxygen atoms in total. The van der Waals surface area contributed by atoms with Crippen molar-refractivity contribution < 1.29 is 4.79 Å². The summed E-state index contributed by atoms with van der Waals surface area (Å²) in [5.74, 6) is 0.773. The third-order valence-electron chi connectivity index (χ3n) is 4.22. The van der Waals surface area contributed by atoms with E-state index in [9.17, 15) is 4.79 Å². The Hall–Kier alpha value is -2.56. The molecule has 3 aromatic rings. The second-order valence-corrected chi connectivity index (χ2v) is 6.25. The quantitative estimate of drug-likeness (QED) is 0.752. The molecule has 5 heteroatoms. The minimum Gasteiger partial charge on any atom is -0.350 e. The SMILES string of the molecule is CCCCn1nc(C)cc1NC(=O)Cc1cn(C)c2ccccc12. The first-order valence-corrected chi connectivity index (χ1v) is 8.45. The summed E-state index contributed by atoms with van der Waals surface area (Å²) in [5.41, 5.74) is 3.11. The second-order valence-electron chi connectivity index (χ2n) is 6.25. The zero-order chi connectivity index (χ0) is 17.1. The van der Waals surface area contributed by atoms with Gasteiger partial charge < -0.3 is 9.88 Å². The Morgan fingerprint density at radius 3 is 2.88 bits per heavy atom. The van der Waals surface area contributed by atoms with E-state index in [0.717, 1.165) is 47.4 Å². The van der Waals surface area contributed by atoms with Gasteiger partial charge in [0.15, 0.2) is 0 Å². The molecule has 24 heavy (non-hydrogen) atoms. The zero-order valence-corrected chi connectivity index (χ0v) is 14.5. The molecule has 2 heterocycles. The van der Waals surface area contributed by atoms with Gasteiger partial charge in [-0.15, -0.1) is 0 Å². The molecule has 0 aliphatic heterocycles. The third-order valence-corrected chi connectivity index (χ3v) is 4.22. The van der Waals surface area contributed by atoms with E-state index in [1.54, 1.807) is 0 Å².